The summed E-state index contributed by atoms with van der Waals surface area (Å²) < 4.78 is 16.8. The van der Waals surface area contributed by atoms with Gasteiger partial charge in [0.1, 0.15) is 5.75 Å². The van der Waals surface area contributed by atoms with Crippen molar-refractivity contribution in [2.24, 2.45) is 0 Å². The quantitative estimate of drug-likeness (QED) is 0.223. The molecule has 8 nitrogen and oxygen atoms in total. The van der Waals surface area contributed by atoms with Gasteiger partial charge < -0.3 is 29.5 Å². The molecule has 0 aromatic heterocycles. The molecule has 8 heteroatoms. The standard InChI is InChI=1S/C36H40N2O6/c1-37-13-11-24-18-34(42-3)32(40)20-27(24)29(37)15-22-5-8-26(9-6-22)44-36-17-23(7-10-31(36)39)16-30-28-21-33(41)35(43-4)19-25(28)12-14-38(30)2/h5-10,17-21,29-30,39-41H,11-16H2,1-4H3/t29-,30+/m1/s1. The molecule has 0 saturated carbocycles. The number of aromatic hydroxyl groups is 3. The highest BCUT2D eigenvalue weighted by atomic mass is 16.5. The second kappa shape index (κ2) is 12.3. The van der Waals surface area contributed by atoms with E-state index in [0.29, 0.717) is 29.4 Å². The minimum atomic E-state index is 0.0679. The van der Waals surface area contributed by atoms with Gasteiger partial charge in [-0.3, -0.25) is 9.80 Å². The summed E-state index contributed by atoms with van der Waals surface area (Å²) in [6.45, 7) is 1.83. The smallest absolute Gasteiger partial charge is 0.169 e. The molecule has 0 bridgehead atoms. The van der Waals surface area contributed by atoms with Crippen LogP contribution in [0.5, 0.6) is 40.2 Å². The van der Waals surface area contributed by atoms with E-state index < -0.39 is 0 Å². The topological polar surface area (TPSA) is 94.9 Å². The molecule has 44 heavy (non-hydrogen) atoms. The summed E-state index contributed by atoms with van der Waals surface area (Å²) in [5, 5.41) is 31.5. The zero-order valence-corrected chi connectivity index (χ0v) is 25.7. The molecule has 3 N–H and O–H groups in total. The maximum atomic E-state index is 10.6. The predicted octanol–water partition coefficient (Wildman–Crippen LogP) is 6.16. The van der Waals surface area contributed by atoms with E-state index in [1.165, 1.54) is 11.1 Å². The normalized spacial score (nSPS) is 18.4. The van der Waals surface area contributed by atoms with Gasteiger partial charge in [-0.1, -0.05) is 18.2 Å². The molecule has 0 aliphatic carbocycles. The number of methoxy groups -OCH3 is 2. The fraction of sp³-hybridized carbons (Fsp3) is 0.333. The van der Waals surface area contributed by atoms with Crippen molar-refractivity contribution in [1.82, 2.24) is 9.80 Å². The number of likely N-dealkylation sites (N-methyl/N-ethyl adjacent to an activating group) is 2. The lowest BCUT2D eigenvalue weighted by molar-refractivity contribution is 0.228. The monoisotopic (exact) mass is 596 g/mol. The van der Waals surface area contributed by atoms with E-state index in [1.807, 2.05) is 48.5 Å². The molecule has 0 spiro atoms. The van der Waals surface area contributed by atoms with Crippen molar-refractivity contribution in [3.8, 4) is 40.2 Å². The second-order valence-corrected chi connectivity index (χ2v) is 11.9. The van der Waals surface area contributed by atoms with Gasteiger partial charge in [-0.25, -0.2) is 0 Å². The lowest BCUT2D eigenvalue weighted by Crippen LogP contribution is -2.33. The number of hydrogen-bond acceptors (Lipinski definition) is 8. The van der Waals surface area contributed by atoms with Crippen molar-refractivity contribution in [2.45, 2.75) is 37.8 Å². The first-order valence-corrected chi connectivity index (χ1v) is 15.0. The Hall–Kier alpha value is -4.40. The first kappa shape index (κ1) is 29.7. The Morgan fingerprint density at radius 1 is 0.614 bits per heavy atom. The zero-order valence-electron chi connectivity index (χ0n) is 25.7. The van der Waals surface area contributed by atoms with E-state index in [9.17, 15) is 15.3 Å². The van der Waals surface area contributed by atoms with E-state index >= 15 is 0 Å². The number of fused-ring (bicyclic) bond motifs is 2. The molecule has 2 aliphatic rings. The number of rotatable bonds is 8. The van der Waals surface area contributed by atoms with E-state index in [2.05, 4.69) is 36.0 Å². The zero-order chi connectivity index (χ0) is 31.0. The summed E-state index contributed by atoms with van der Waals surface area (Å²) in [5.41, 5.74) is 6.76. The number of ether oxygens (including phenoxy) is 3. The lowest BCUT2D eigenvalue weighted by atomic mass is 9.88. The van der Waals surface area contributed by atoms with E-state index in [-0.39, 0.29) is 29.3 Å². The molecule has 0 amide bonds. The van der Waals surface area contributed by atoms with E-state index in [4.69, 9.17) is 14.2 Å². The van der Waals surface area contributed by atoms with Gasteiger partial charge in [-0.2, -0.15) is 0 Å². The second-order valence-electron chi connectivity index (χ2n) is 11.9. The summed E-state index contributed by atoms with van der Waals surface area (Å²) in [6.07, 6.45) is 3.28. The Balaban J connectivity index is 1.17. The van der Waals surface area contributed by atoms with Crippen LogP contribution in [0, 0.1) is 0 Å². The average molecular weight is 597 g/mol. The summed E-state index contributed by atoms with van der Waals surface area (Å²) in [6, 6.07) is 21.2. The third-order valence-corrected chi connectivity index (χ3v) is 9.16. The van der Waals surface area contributed by atoms with Gasteiger partial charge in [-0.05, 0) is 122 Å². The van der Waals surface area contributed by atoms with Crippen LogP contribution >= 0.6 is 0 Å². The largest absolute Gasteiger partial charge is 0.504 e. The predicted molar refractivity (Wildman–Crippen MR) is 169 cm³/mol. The van der Waals surface area contributed by atoms with Crippen LogP contribution in [0.15, 0.2) is 66.7 Å². The summed E-state index contributed by atoms with van der Waals surface area (Å²) >= 11 is 0. The van der Waals surface area contributed by atoms with Gasteiger partial charge in [0.05, 0.1) is 14.2 Å². The number of nitrogens with zero attached hydrogens (tertiary/aromatic N) is 2. The molecule has 6 rings (SSSR count). The van der Waals surface area contributed by atoms with Crippen LogP contribution in [0.25, 0.3) is 0 Å². The number of hydrogen-bond donors (Lipinski definition) is 3. The molecule has 0 radical (unpaired) electrons. The van der Waals surface area contributed by atoms with Crippen molar-refractivity contribution in [3.63, 3.8) is 0 Å². The van der Waals surface area contributed by atoms with E-state index in [0.717, 1.165) is 54.6 Å². The molecule has 4 aromatic carbocycles. The molecule has 4 aromatic rings. The minimum absolute atomic E-state index is 0.0679. The lowest BCUT2D eigenvalue weighted by Gasteiger charge is -2.35. The van der Waals surface area contributed by atoms with Gasteiger partial charge in [0.15, 0.2) is 34.5 Å². The van der Waals surface area contributed by atoms with Crippen LogP contribution in [0.3, 0.4) is 0 Å². The van der Waals surface area contributed by atoms with Gasteiger partial charge in [-0.15, -0.1) is 0 Å². The molecule has 0 fully saturated rings. The summed E-state index contributed by atoms with van der Waals surface area (Å²) in [7, 11) is 7.35. The summed E-state index contributed by atoms with van der Waals surface area (Å²) in [5.74, 6) is 2.42. The fourth-order valence-electron chi connectivity index (χ4n) is 6.58. The maximum absolute atomic E-state index is 10.6. The minimum Gasteiger partial charge on any atom is -0.504 e. The third-order valence-electron chi connectivity index (χ3n) is 9.16. The van der Waals surface area contributed by atoms with Crippen molar-refractivity contribution >= 4 is 0 Å². The molecule has 0 unspecified atom stereocenters. The first-order chi connectivity index (χ1) is 21.2. The highest BCUT2D eigenvalue weighted by Crippen LogP contribution is 2.41. The molecular formula is C36H40N2O6. The highest BCUT2D eigenvalue weighted by Gasteiger charge is 2.28. The van der Waals surface area contributed by atoms with Crippen molar-refractivity contribution in [3.05, 3.63) is 100 Å². The Morgan fingerprint density at radius 2 is 1.11 bits per heavy atom. The first-order valence-electron chi connectivity index (χ1n) is 15.0. The molecule has 2 aliphatic heterocycles. The molecule has 0 saturated heterocycles. The van der Waals surface area contributed by atoms with Crippen molar-refractivity contribution in [1.29, 1.82) is 0 Å². The van der Waals surface area contributed by atoms with Crippen molar-refractivity contribution in [2.75, 3.05) is 41.4 Å². The van der Waals surface area contributed by atoms with Crippen LogP contribution in [-0.4, -0.2) is 66.5 Å². The highest BCUT2D eigenvalue weighted by molar-refractivity contribution is 5.51. The molecule has 2 atom stereocenters. The maximum Gasteiger partial charge on any atom is 0.169 e. The number of phenols is 3. The summed E-state index contributed by atoms with van der Waals surface area (Å²) in [4.78, 5) is 4.61. The molecule has 2 heterocycles. The average Bonchev–Trinajstić information content (AvgIpc) is 3.02. The SMILES string of the molecule is COc1cc2c(cc1O)[C@@H](Cc1ccc(Oc3cc(C[C@H]4c5cc(O)c(OC)cc5CCN4C)ccc3O)cc1)N(C)CC2. The molecular weight excluding hydrogens is 556 g/mol. The Kier molecular flexibility index (Phi) is 8.29. The van der Waals surface area contributed by atoms with Crippen molar-refractivity contribution < 1.29 is 29.5 Å². The third kappa shape index (κ3) is 5.87. The van der Waals surface area contributed by atoms with Crippen LogP contribution in [-0.2, 0) is 25.7 Å². The van der Waals surface area contributed by atoms with Crippen LogP contribution in [0.1, 0.15) is 45.5 Å². The Labute approximate surface area is 258 Å². The Bertz CT molecular complexity index is 1650. The van der Waals surface area contributed by atoms with Gasteiger partial charge in [0.25, 0.3) is 0 Å². The fourth-order valence-corrected chi connectivity index (χ4v) is 6.58. The van der Waals surface area contributed by atoms with Crippen LogP contribution in [0.4, 0.5) is 0 Å². The van der Waals surface area contributed by atoms with Crippen LogP contribution in [0.2, 0.25) is 0 Å². The van der Waals surface area contributed by atoms with Crippen LogP contribution < -0.4 is 14.2 Å². The van der Waals surface area contributed by atoms with Gasteiger partial charge in [0, 0.05) is 25.2 Å². The number of benzene rings is 4. The Morgan fingerprint density at radius 3 is 1.64 bits per heavy atom. The number of phenolic OH excluding ortho intramolecular Hbond substituents is 3. The van der Waals surface area contributed by atoms with E-state index in [1.54, 1.807) is 20.3 Å². The molecule has 230 valence electrons. The van der Waals surface area contributed by atoms with Gasteiger partial charge in [0.2, 0.25) is 0 Å². The van der Waals surface area contributed by atoms with Gasteiger partial charge >= 0.3 is 0 Å².